The Morgan fingerprint density at radius 1 is 1.55 bits per heavy atom. The van der Waals surface area contributed by atoms with Gasteiger partial charge in [0.05, 0.1) is 19.1 Å². The normalized spacial score (nSPS) is 45.6. The van der Waals surface area contributed by atoms with E-state index in [2.05, 4.69) is 22.5 Å². The third-order valence-electron chi connectivity index (χ3n) is 5.29. The summed E-state index contributed by atoms with van der Waals surface area (Å²) in [5.41, 5.74) is -0.348. The lowest BCUT2D eigenvalue weighted by atomic mass is 9.65. The Kier molecular flexibility index (Phi) is 3.21. The van der Waals surface area contributed by atoms with E-state index in [4.69, 9.17) is 9.47 Å². The summed E-state index contributed by atoms with van der Waals surface area (Å²) in [6, 6.07) is -0.168. The molecule has 3 aliphatic rings. The first-order chi connectivity index (χ1) is 9.51. The molecule has 1 heterocycles. The number of alkyl halides is 1. The third kappa shape index (κ3) is 1.46. The Bertz CT molecular complexity index is 482. The first kappa shape index (κ1) is 14.1. The number of ether oxygens (including phenoxy) is 2. The fourth-order valence-corrected chi connectivity index (χ4v) is 5.72. The van der Waals surface area contributed by atoms with E-state index in [-0.39, 0.29) is 46.1 Å². The highest BCUT2D eigenvalue weighted by molar-refractivity contribution is 9.09. The van der Waals surface area contributed by atoms with E-state index in [1.54, 1.807) is 12.0 Å². The lowest BCUT2D eigenvalue weighted by Gasteiger charge is -2.43. The van der Waals surface area contributed by atoms with Crippen LogP contribution in [0.1, 0.15) is 6.42 Å². The van der Waals surface area contributed by atoms with Crippen molar-refractivity contribution in [2.75, 3.05) is 20.8 Å². The van der Waals surface area contributed by atoms with Crippen LogP contribution in [0.4, 0.5) is 4.79 Å². The van der Waals surface area contributed by atoms with Crippen LogP contribution in [0.3, 0.4) is 0 Å². The van der Waals surface area contributed by atoms with Crippen molar-refractivity contribution in [2.45, 2.75) is 23.4 Å². The van der Waals surface area contributed by atoms with Crippen LogP contribution in [0.2, 0.25) is 0 Å². The first-order valence-corrected chi connectivity index (χ1v) is 7.62. The molecule has 4 bridgehead atoms. The molecule has 6 heteroatoms. The fraction of sp³-hybridized carbons (Fsp3) is 0.714. The van der Waals surface area contributed by atoms with E-state index in [1.165, 1.54) is 7.11 Å². The highest BCUT2D eigenvalue weighted by Crippen LogP contribution is 2.63. The number of ketones is 1. The maximum atomic E-state index is 12.7. The van der Waals surface area contributed by atoms with Crippen molar-refractivity contribution in [2.24, 2.45) is 17.3 Å². The zero-order valence-electron chi connectivity index (χ0n) is 11.5. The number of hydrogen-bond donors (Lipinski definition) is 0. The minimum absolute atomic E-state index is 0.0717. The Morgan fingerprint density at radius 2 is 2.25 bits per heavy atom. The number of piperidine rings is 1. The second-order valence-electron chi connectivity index (χ2n) is 5.80. The molecular weight excluding hydrogens is 326 g/mol. The van der Waals surface area contributed by atoms with Gasteiger partial charge in [0.15, 0.2) is 5.78 Å². The predicted molar refractivity (Wildman–Crippen MR) is 75.6 cm³/mol. The molecule has 5 nitrogen and oxygen atoms in total. The smallest absolute Gasteiger partial charge is 0.409 e. The molecular formula is C14H18BrNO4. The highest BCUT2D eigenvalue weighted by atomic mass is 79.9. The number of nitrogens with zero attached hydrogens (tertiary/aromatic N) is 1. The van der Waals surface area contributed by atoms with Crippen molar-refractivity contribution in [1.29, 1.82) is 0 Å². The third-order valence-corrected chi connectivity index (χ3v) is 6.47. The van der Waals surface area contributed by atoms with Gasteiger partial charge in [-0.2, -0.15) is 0 Å². The van der Waals surface area contributed by atoms with Crippen LogP contribution in [-0.2, 0) is 14.3 Å². The van der Waals surface area contributed by atoms with Crippen LogP contribution < -0.4 is 0 Å². The second kappa shape index (κ2) is 4.56. The predicted octanol–water partition coefficient (Wildman–Crippen LogP) is 1.61. The molecule has 0 aromatic rings. The summed E-state index contributed by atoms with van der Waals surface area (Å²) < 4.78 is 10.2. The summed E-state index contributed by atoms with van der Waals surface area (Å²) in [6.45, 7) is 4.45. The number of hydrogen-bond acceptors (Lipinski definition) is 4. The number of carbonyl (C=O) groups is 2. The number of carbonyl (C=O) groups excluding carboxylic acids is 2. The van der Waals surface area contributed by atoms with Gasteiger partial charge in [-0.3, -0.25) is 4.79 Å². The zero-order valence-corrected chi connectivity index (χ0v) is 13.1. The quantitative estimate of drug-likeness (QED) is 0.564. The minimum Gasteiger partial charge on any atom is -0.453 e. The first-order valence-electron chi connectivity index (χ1n) is 6.70. The largest absolute Gasteiger partial charge is 0.453 e. The lowest BCUT2D eigenvalue weighted by Crippen LogP contribution is -2.50. The molecule has 3 fully saturated rings. The summed E-state index contributed by atoms with van der Waals surface area (Å²) >= 11 is 3.70. The molecule has 2 saturated carbocycles. The average molecular weight is 344 g/mol. The summed E-state index contributed by atoms with van der Waals surface area (Å²) in [5.74, 6) is 0.104. The van der Waals surface area contributed by atoms with Gasteiger partial charge >= 0.3 is 6.09 Å². The number of halogens is 1. The van der Waals surface area contributed by atoms with Crippen molar-refractivity contribution in [1.82, 2.24) is 4.90 Å². The molecule has 0 aromatic carbocycles. The Labute approximate surface area is 126 Å². The number of amides is 1. The minimum atomic E-state index is -0.379. The molecule has 0 radical (unpaired) electrons. The van der Waals surface area contributed by atoms with Crippen LogP contribution in [0, 0.1) is 17.3 Å². The molecule has 110 valence electrons. The SMILES string of the molecule is C=C[C@]12CN(C(=O)OC)[C@H]3[C@H](Br)[C@H]1CC(OC)C(=O)[C@@H]32. The molecule has 1 saturated heterocycles. The zero-order chi connectivity index (χ0) is 14.7. The van der Waals surface area contributed by atoms with Gasteiger partial charge < -0.3 is 14.4 Å². The molecule has 1 unspecified atom stereocenters. The van der Waals surface area contributed by atoms with Gasteiger partial charge in [-0.15, -0.1) is 6.58 Å². The molecule has 6 atom stereocenters. The number of likely N-dealkylation sites (tertiary alicyclic amines) is 1. The fourth-order valence-electron chi connectivity index (χ4n) is 4.42. The Hall–Kier alpha value is -0.880. The molecule has 0 aromatic heterocycles. The lowest BCUT2D eigenvalue weighted by molar-refractivity contribution is -0.140. The van der Waals surface area contributed by atoms with Gasteiger partial charge in [-0.25, -0.2) is 4.79 Å². The molecule has 1 aliphatic heterocycles. The van der Waals surface area contributed by atoms with Crippen molar-refractivity contribution in [3.63, 3.8) is 0 Å². The van der Waals surface area contributed by atoms with Crippen LogP contribution >= 0.6 is 15.9 Å². The van der Waals surface area contributed by atoms with Gasteiger partial charge in [-0.05, 0) is 12.3 Å². The summed E-state index contributed by atoms with van der Waals surface area (Å²) in [4.78, 5) is 26.4. The molecule has 1 amide bonds. The van der Waals surface area contributed by atoms with E-state index in [1.807, 2.05) is 6.08 Å². The van der Waals surface area contributed by atoms with Gasteiger partial charge in [0.1, 0.15) is 6.10 Å². The Balaban J connectivity index is 2.05. The second-order valence-corrected chi connectivity index (χ2v) is 6.85. The number of Topliss-reactive ketones (excluding diaryl/α,β-unsaturated/α-hetero) is 1. The van der Waals surface area contributed by atoms with E-state index in [9.17, 15) is 9.59 Å². The summed E-state index contributed by atoms with van der Waals surface area (Å²) in [5, 5.41) is 0. The van der Waals surface area contributed by atoms with E-state index in [0.717, 1.165) is 0 Å². The van der Waals surface area contributed by atoms with Crippen molar-refractivity contribution in [3.8, 4) is 0 Å². The molecule has 20 heavy (non-hydrogen) atoms. The highest BCUT2D eigenvalue weighted by Gasteiger charge is 2.72. The Morgan fingerprint density at radius 3 is 2.80 bits per heavy atom. The van der Waals surface area contributed by atoms with Crippen molar-refractivity contribution >= 4 is 27.8 Å². The molecule has 0 spiro atoms. The topological polar surface area (TPSA) is 55.8 Å². The molecule has 2 aliphatic carbocycles. The van der Waals surface area contributed by atoms with E-state index < -0.39 is 0 Å². The monoisotopic (exact) mass is 343 g/mol. The number of methoxy groups -OCH3 is 2. The standard InChI is InChI=1S/C14H18BrNO4/c1-4-14-6-16(13(18)20-3)11-9(14)12(17)8(19-2)5-7(14)10(11)15/h4,7-11H,1,5-6H2,2-3H3/t7-,8?,9-,10-,11-,14+/m1/s1. The van der Waals surface area contributed by atoms with Gasteiger partial charge in [0.2, 0.25) is 0 Å². The maximum absolute atomic E-state index is 12.7. The van der Waals surface area contributed by atoms with Gasteiger partial charge in [-0.1, -0.05) is 22.0 Å². The molecule has 0 N–H and O–H groups in total. The van der Waals surface area contributed by atoms with Crippen LogP contribution in [0.15, 0.2) is 12.7 Å². The van der Waals surface area contributed by atoms with Gasteiger partial charge in [0, 0.05) is 23.9 Å². The van der Waals surface area contributed by atoms with Crippen molar-refractivity contribution in [3.05, 3.63) is 12.7 Å². The number of rotatable bonds is 2. The van der Waals surface area contributed by atoms with Crippen LogP contribution in [-0.4, -0.2) is 54.5 Å². The van der Waals surface area contributed by atoms with Crippen LogP contribution in [0.5, 0.6) is 0 Å². The van der Waals surface area contributed by atoms with Crippen LogP contribution in [0.25, 0.3) is 0 Å². The average Bonchev–Trinajstić information content (AvgIpc) is 2.89. The maximum Gasteiger partial charge on any atom is 0.409 e. The van der Waals surface area contributed by atoms with Gasteiger partial charge in [0.25, 0.3) is 0 Å². The molecule has 3 rings (SSSR count). The summed E-state index contributed by atoms with van der Waals surface area (Å²) in [6.07, 6.45) is 1.79. The summed E-state index contributed by atoms with van der Waals surface area (Å²) in [7, 11) is 2.93. The van der Waals surface area contributed by atoms with E-state index in [0.29, 0.717) is 13.0 Å². The van der Waals surface area contributed by atoms with Crippen molar-refractivity contribution < 1.29 is 19.1 Å². The van der Waals surface area contributed by atoms with E-state index >= 15 is 0 Å².